The fraction of sp³-hybridized carbons (Fsp3) is 0.333. The van der Waals surface area contributed by atoms with E-state index in [2.05, 4.69) is 14.7 Å². The van der Waals surface area contributed by atoms with E-state index in [1.54, 1.807) is 25.3 Å². The van der Waals surface area contributed by atoms with Crippen LogP contribution in [-0.2, 0) is 10.3 Å². The Hall–Kier alpha value is -1.51. The van der Waals surface area contributed by atoms with Gasteiger partial charge in [-0.1, -0.05) is 23.2 Å². The minimum absolute atomic E-state index is 0.307. The third kappa shape index (κ3) is 3.70. The Labute approximate surface area is 155 Å². The molecule has 0 spiro atoms. The standard InChI is InChI=1S/C15H12Cl2F3N3OS/c1-14(4-11(15(18,19)20)24-13(21)23-14)12-9(17)3-10(25-12)7-2-8(16)6-22-5-7/h2-3,5-6,11H,4H2,1H3,(H2,21,23). The first-order chi connectivity index (χ1) is 11.6. The molecule has 0 fully saturated rings. The first kappa shape index (κ1) is 18.3. The van der Waals surface area contributed by atoms with Crippen molar-refractivity contribution >= 4 is 40.6 Å². The molecule has 0 saturated carbocycles. The maximum Gasteiger partial charge on any atom is 0.425 e. The average molecular weight is 410 g/mol. The van der Waals surface area contributed by atoms with Crippen LogP contribution >= 0.6 is 34.5 Å². The number of ether oxygens (including phenoxy) is 1. The highest BCUT2D eigenvalue weighted by Crippen LogP contribution is 2.47. The fourth-order valence-electron chi connectivity index (χ4n) is 2.61. The second kappa shape index (κ2) is 6.34. The Balaban J connectivity index is 2.02. The molecule has 25 heavy (non-hydrogen) atoms. The minimum atomic E-state index is -4.55. The Morgan fingerprint density at radius 1 is 1.32 bits per heavy atom. The van der Waals surface area contributed by atoms with Crippen molar-refractivity contribution in [2.45, 2.75) is 31.2 Å². The summed E-state index contributed by atoms with van der Waals surface area (Å²) in [4.78, 5) is 9.29. The fourth-order valence-corrected chi connectivity index (χ4v) is 4.41. The molecule has 1 aliphatic heterocycles. The number of amidine groups is 1. The molecule has 10 heteroatoms. The monoisotopic (exact) mass is 409 g/mol. The number of nitrogens with two attached hydrogens (primary N) is 1. The summed E-state index contributed by atoms with van der Waals surface area (Å²) in [6.07, 6.45) is -3.92. The summed E-state index contributed by atoms with van der Waals surface area (Å²) < 4.78 is 44.0. The van der Waals surface area contributed by atoms with Crippen molar-refractivity contribution in [3.05, 3.63) is 39.4 Å². The summed E-state index contributed by atoms with van der Waals surface area (Å²) in [5.41, 5.74) is 4.96. The van der Waals surface area contributed by atoms with Gasteiger partial charge in [-0.05, 0) is 19.1 Å². The predicted molar refractivity (Wildman–Crippen MR) is 92.1 cm³/mol. The molecule has 0 radical (unpaired) electrons. The molecular formula is C15H12Cl2F3N3OS. The molecule has 0 aromatic carbocycles. The number of pyridine rings is 1. The SMILES string of the molecule is CC1(c2sc(-c3cncc(Cl)c3)cc2Cl)CC(C(F)(F)F)OC(N)=N1. The molecule has 0 saturated heterocycles. The zero-order chi connectivity index (χ0) is 18.4. The number of nitrogens with zero attached hydrogens (tertiary/aromatic N) is 2. The second-order valence-electron chi connectivity index (χ2n) is 5.76. The van der Waals surface area contributed by atoms with E-state index >= 15 is 0 Å². The largest absolute Gasteiger partial charge is 0.452 e. The van der Waals surface area contributed by atoms with E-state index in [-0.39, 0.29) is 0 Å². The summed E-state index contributed by atoms with van der Waals surface area (Å²) in [5, 5.41) is 0.752. The van der Waals surface area contributed by atoms with Crippen LogP contribution in [0.25, 0.3) is 10.4 Å². The van der Waals surface area contributed by atoms with Gasteiger partial charge in [0.05, 0.1) is 14.9 Å². The van der Waals surface area contributed by atoms with E-state index in [1.807, 2.05) is 0 Å². The van der Waals surface area contributed by atoms with Crippen molar-refractivity contribution < 1.29 is 17.9 Å². The molecule has 2 atom stereocenters. The van der Waals surface area contributed by atoms with Crippen LogP contribution in [0, 0.1) is 0 Å². The number of rotatable bonds is 2. The lowest BCUT2D eigenvalue weighted by Crippen LogP contribution is -2.45. The van der Waals surface area contributed by atoms with Crippen LogP contribution in [0.1, 0.15) is 18.2 Å². The van der Waals surface area contributed by atoms with Gasteiger partial charge in [-0.2, -0.15) is 13.2 Å². The van der Waals surface area contributed by atoms with E-state index < -0.39 is 30.3 Å². The molecule has 1 aliphatic rings. The predicted octanol–water partition coefficient (Wildman–Crippen LogP) is 5.00. The average Bonchev–Trinajstić information content (AvgIpc) is 2.88. The van der Waals surface area contributed by atoms with Gasteiger partial charge in [0.1, 0.15) is 5.54 Å². The van der Waals surface area contributed by atoms with Crippen LogP contribution in [0.3, 0.4) is 0 Å². The molecular weight excluding hydrogens is 398 g/mol. The van der Waals surface area contributed by atoms with Crippen molar-refractivity contribution in [3.63, 3.8) is 0 Å². The number of hydrogen-bond donors (Lipinski definition) is 1. The summed E-state index contributed by atoms with van der Waals surface area (Å²) in [6.45, 7) is 1.55. The highest BCUT2D eigenvalue weighted by molar-refractivity contribution is 7.16. The summed E-state index contributed by atoms with van der Waals surface area (Å²) in [5.74, 6) is 0. The summed E-state index contributed by atoms with van der Waals surface area (Å²) in [7, 11) is 0. The van der Waals surface area contributed by atoms with Crippen LogP contribution < -0.4 is 5.73 Å². The van der Waals surface area contributed by atoms with Gasteiger partial charge in [0.2, 0.25) is 0 Å². The molecule has 0 amide bonds. The lowest BCUT2D eigenvalue weighted by Gasteiger charge is -2.35. The van der Waals surface area contributed by atoms with Crippen molar-refractivity contribution in [2.24, 2.45) is 10.7 Å². The van der Waals surface area contributed by atoms with Gasteiger partial charge in [-0.25, -0.2) is 4.99 Å². The molecule has 2 unspecified atom stereocenters. The zero-order valence-electron chi connectivity index (χ0n) is 12.8. The summed E-state index contributed by atoms with van der Waals surface area (Å²) in [6, 6.07) is 2.85. The normalized spacial score (nSPS) is 23.9. The van der Waals surface area contributed by atoms with Crippen molar-refractivity contribution in [1.82, 2.24) is 4.98 Å². The van der Waals surface area contributed by atoms with Gasteiger partial charge in [0.25, 0.3) is 6.02 Å². The van der Waals surface area contributed by atoms with E-state index in [0.29, 0.717) is 20.5 Å². The van der Waals surface area contributed by atoms with Crippen molar-refractivity contribution in [1.29, 1.82) is 0 Å². The van der Waals surface area contributed by atoms with Crippen LogP contribution in [0.15, 0.2) is 29.5 Å². The Bertz CT molecular complexity index is 840. The smallest absolute Gasteiger partial charge is 0.425 e. The van der Waals surface area contributed by atoms with Crippen molar-refractivity contribution in [2.75, 3.05) is 0 Å². The van der Waals surface area contributed by atoms with Gasteiger partial charge >= 0.3 is 6.18 Å². The first-order valence-electron chi connectivity index (χ1n) is 7.08. The molecule has 2 aromatic rings. The highest BCUT2D eigenvalue weighted by atomic mass is 35.5. The van der Waals surface area contributed by atoms with Crippen LogP contribution in [0.2, 0.25) is 10.0 Å². The Kier molecular flexibility index (Phi) is 4.63. The number of thiophene rings is 1. The maximum atomic E-state index is 13.1. The lowest BCUT2D eigenvalue weighted by atomic mass is 9.92. The second-order valence-corrected chi connectivity index (χ2v) is 7.65. The number of hydrogen-bond acceptors (Lipinski definition) is 5. The molecule has 134 valence electrons. The molecule has 4 nitrogen and oxygen atoms in total. The lowest BCUT2D eigenvalue weighted by molar-refractivity contribution is -0.208. The quantitative estimate of drug-likeness (QED) is 0.758. The van der Waals surface area contributed by atoms with E-state index in [0.717, 1.165) is 4.88 Å². The minimum Gasteiger partial charge on any atom is -0.452 e. The maximum absolute atomic E-state index is 13.1. The zero-order valence-corrected chi connectivity index (χ0v) is 15.1. The van der Waals surface area contributed by atoms with E-state index in [4.69, 9.17) is 28.9 Å². The van der Waals surface area contributed by atoms with Crippen LogP contribution in [-0.4, -0.2) is 23.3 Å². The molecule has 2 N–H and O–H groups in total. The van der Waals surface area contributed by atoms with E-state index in [9.17, 15) is 13.2 Å². The van der Waals surface area contributed by atoms with Gasteiger partial charge in [-0.15, -0.1) is 11.3 Å². The molecule has 3 rings (SSSR count). The van der Waals surface area contributed by atoms with Crippen molar-refractivity contribution in [3.8, 4) is 10.4 Å². The number of halogens is 5. The van der Waals surface area contributed by atoms with Crippen LogP contribution in [0.4, 0.5) is 13.2 Å². The van der Waals surface area contributed by atoms with E-state index in [1.165, 1.54) is 17.5 Å². The topological polar surface area (TPSA) is 60.5 Å². The molecule has 2 aromatic heterocycles. The van der Waals surface area contributed by atoms with Gasteiger partial charge in [0, 0.05) is 29.3 Å². The van der Waals surface area contributed by atoms with Gasteiger partial charge in [-0.3, -0.25) is 4.98 Å². The van der Waals surface area contributed by atoms with Gasteiger partial charge in [0.15, 0.2) is 6.10 Å². The molecule has 3 heterocycles. The first-order valence-corrected chi connectivity index (χ1v) is 8.65. The molecule has 0 bridgehead atoms. The third-order valence-electron chi connectivity index (χ3n) is 3.73. The molecule has 0 aliphatic carbocycles. The Morgan fingerprint density at radius 3 is 2.68 bits per heavy atom. The van der Waals surface area contributed by atoms with Gasteiger partial charge < -0.3 is 10.5 Å². The Morgan fingerprint density at radius 2 is 2.04 bits per heavy atom. The number of aliphatic imine (C=N–C) groups is 1. The summed E-state index contributed by atoms with van der Waals surface area (Å²) >= 11 is 13.5. The number of alkyl halides is 3. The van der Waals surface area contributed by atoms with Crippen LogP contribution in [0.5, 0.6) is 0 Å². The third-order valence-corrected chi connectivity index (χ3v) is 5.79. The number of aromatic nitrogens is 1. The highest BCUT2D eigenvalue weighted by Gasteiger charge is 2.50.